The summed E-state index contributed by atoms with van der Waals surface area (Å²) in [4.78, 5) is 21.4. The second-order valence-electron chi connectivity index (χ2n) is 15.6. The number of aryl methyl sites for hydroxylation is 2. The average Bonchev–Trinajstić information content (AvgIpc) is 3.03. The molecule has 0 amide bonds. The standard InChI is InChI=1S/C32H27N2.C11H20O2.Ir/c1-32(2,3)29-19-26(18-23-11-7-8-12-27(23)29)31-33-20-25-14-13-24-17-22(21-9-5-4-6-10-21)15-16-28(24)30(25)34-31;1-10(2,3)8(12)7-9(13)11(4,5)6;/h4-12,15-17,19-20H,13-14H2,1-3H3;7,12H,1-6H3;/q-1;;/b;8-7-;. The van der Waals surface area contributed by atoms with Crippen molar-refractivity contribution in [3.05, 3.63) is 120 Å². The topological polar surface area (TPSA) is 63.1 Å². The zero-order valence-corrected chi connectivity index (χ0v) is 32.1. The Morgan fingerprint density at radius 3 is 2.06 bits per heavy atom. The summed E-state index contributed by atoms with van der Waals surface area (Å²) in [6.07, 6.45) is 5.34. The van der Waals surface area contributed by atoms with Crippen molar-refractivity contribution in [2.45, 2.75) is 80.6 Å². The molecule has 48 heavy (non-hydrogen) atoms. The number of carbonyl (C=O) groups excluding carboxylic acids is 1. The Bertz CT molecular complexity index is 1960. The summed E-state index contributed by atoms with van der Waals surface area (Å²) >= 11 is 0. The maximum Gasteiger partial charge on any atom is 0.164 e. The molecule has 1 heterocycles. The van der Waals surface area contributed by atoms with Crippen molar-refractivity contribution < 1.29 is 30.0 Å². The number of aromatic nitrogens is 2. The van der Waals surface area contributed by atoms with Crippen molar-refractivity contribution in [3.63, 3.8) is 0 Å². The van der Waals surface area contributed by atoms with E-state index in [0.717, 1.165) is 35.3 Å². The van der Waals surface area contributed by atoms with Gasteiger partial charge in [-0.05, 0) is 40.5 Å². The van der Waals surface area contributed by atoms with Gasteiger partial charge in [-0.15, -0.1) is 29.1 Å². The van der Waals surface area contributed by atoms with Crippen molar-refractivity contribution in [2.75, 3.05) is 0 Å². The molecular weight excluding hydrogens is 769 g/mol. The Kier molecular flexibility index (Phi) is 11.0. The van der Waals surface area contributed by atoms with Crippen LogP contribution in [-0.4, -0.2) is 20.9 Å². The molecule has 4 nitrogen and oxygen atoms in total. The molecule has 5 aromatic rings. The van der Waals surface area contributed by atoms with E-state index >= 15 is 0 Å². The van der Waals surface area contributed by atoms with E-state index in [4.69, 9.17) is 9.97 Å². The molecule has 0 bridgehead atoms. The number of rotatable bonds is 3. The van der Waals surface area contributed by atoms with Gasteiger partial charge in [-0.25, -0.2) is 0 Å². The first kappa shape index (κ1) is 36.9. The average molecular weight is 816 g/mol. The van der Waals surface area contributed by atoms with Gasteiger partial charge in [0, 0.05) is 48.8 Å². The van der Waals surface area contributed by atoms with Gasteiger partial charge < -0.3 is 5.11 Å². The number of aliphatic hydroxyl groups excluding tert-OH is 1. The van der Waals surface area contributed by atoms with Crippen molar-refractivity contribution >= 4 is 16.6 Å². The van der Waals surface area contributed by atoms with Crippen LogP contribution in [0.2, 0.25) is 0 Å². The summed E-state index contributed by atoms with van der Waals surface area (Å²) in [6.45, 7) is 17.9. The van der Waals surface area contributed by atoms with Gasteiger partial charge in [-0.1, -0.05) is 140 Å². The van der Waals surface area contributed by atoms with Gasteiger partial charge in [0.2, 0.25) is 0 Å². The number of benzene rings is 4. The fraction of sp³-hybridized carbons (Fsp3) is 0.326. The minimum absolute atomic E-state index is 0. The molecule has 251 valence electrons. The fourth-order valence-corrected chi connectivity index (χ4v) is 5.59. The summed E-state index contributed by atoms with van der Waals surface area (Å²) in [5, 5.41) is 11.9. The minimum atomic E-state index is -0.417. The number of allylic oxidation sites excluding steroid dienone is 2. The van der Waals surface area contributed by atoms with Crippen molar-refractivity contribution in [3.8, 4) is 33.8 Å². The largest absolute Gasteiger partial charge is 0.512 e. The molecule has 4 aromatic carbocycles. The second-order valence-corrected chi connectivity index (χ2v) is 15.6. The van der Waals surface area contributed by atoms with Gasteiger partial charge in [0.05, 0.1) is 11.5 Å². The van der Waals surface area contributed by atoms with Crippen LogP contribution in [0.5, 0.6) is 0 Å². The molecule has 1 aliphatic carbocycles. The van der Waals surface area contributed by atoms with Crippen LogP contribution < -0.4 is 0 Å². The van der Waals surface area contributed by atoms with Crippen LogP contribution in [-0.2, 0) is 43.2 Å². The third-order valence-electron chi connectivity index (χ3n) is 8.60. The van der Waals surface area contributed by atoms with Gasteiger partial charge in [0.25, 0.3) is 0 Å². The molecule has 5 heteroatoms. The van der Waals surface area contributed by atoms with Gasteiger partial charge in [-0.2, -0.15) is 0 Å². The number of carbonyl (C=O) groups is 1. The van der Waals surface area contributed by atoms with Crippen LogP contribution in [0.1, 0.15) is 79.0 Å². The normalized spacial score (nSPS) is 13.1. The van der Waals surface area contributed by atoms with Crippen LogP contribution in [0.25, 0.3) is 44.5 Å². The molecule has 1 aromatic heterocycles. The van der Waals surface area contributed by atoms with Crippen molar-refractivity contribution in [1.82, 2.24) is 9.97 Å². The van der Waals surface area contributed by atoms with Gasteiger partial charge in [-0.3, -0.25) is 14.8 Å². The molecule has 0 spiro atoms. The molecule has 1 aliphatic rings. The SMILES string of the molecule is CC(C)(C)C(=O)/C=C(\O)C(C)(C)C.CC(C)(C)c1cc(-c2ncc3c(n2)-c2ccc(-c4ccccc4)cc2CC3)[c-]c2ccccc12.[Ir]. The number of hydrogen-bond acceptors (Lipinski definition) is 4. The zero-order chi connectivity index (χ0) is 34.1. The van der Waals surface area contributed by atoms with E-state index in [1.807, 2.05) is 47.7 Å². The molecule has 0 atom stereocenters. The smallest absolute Gasteiger partial charge is 0.164 e. The third kappa shape index (κ3) is 8.38. The molecule has 1 N–H and O–H groups in total. The second kappa shape index (κ2) is 14.3. The van der Waals surface area contributed by atoms with Crippen LogP contribution in [0, 0.1) is 16.9 Å². The quantitative estimate of drug-likeness (QED) is 0.112. The summed E-state index contributed by atoms with van der Waals surface area (Å²) in [5.74, 6) is 0.849. The number of fused-ring (bicyclic) bond motifs is 4. The van der Waals surface area contributed by atoms with Crippen LogP contribution in [0.4, 0.5) is 0 Å². The molecule has 0 unspecified atom stereocenters. The zero-order valence-electron chi connectivity index (χ0n) is 29.7. The van der Waals surface area contributed by atoms with E-state index in [0.29, 0.717) is 0 Å². The Morgan fingerprint density at radius 1 is 0.771 bits per heavy atom. The van der Waals surface area contributed by atoms with E-state index < -0.39 is 5.41 Å². The van der Waals surface area contributed by atoms with Crippen molar-refractivity contribution in [1.29, 1.82) is 0 Å². The number of ketones is 1. The van der Waals surface area contributed by atoms with Gasteiger partial charge in [0.15, 0.2) is 5.78 Å². The number of aliphatic hydroxyl groups is 1. The maximum atomic E-state index is 11.5. The van der Waals surface area contributed by atoms with E-state index in [9.17, 15) is 9.90 Å². The van der Waals surface area contributed by atoms with E-state index in [-0.39, 0.29) is 42.5 Å². The molecule has 0 saturated carbocycles. The van der Waals surface area contributed by atoms with E-state index in [1.165, 1.54) is 44.8 Å². The first-order valence-corrected chi connectivity index (χ1v) is 16.5. The first-order valence-electron chi connectivity index (χ1n) is 16.5. The molecule has 0 fully saturated rings. The molecule has 1 radical (unpaired) electrons. The maximum absolute atomic E-state index is 11.5. The predicted molar refractivity (Wildman–Crippen MR) is 195 cm³/mol. The fourth-order valence-electron chi connectivity index (χ4n) is 5.59. The molecular formula is C43H47IrN2O2-. The predicted octanol–water partition coefficient (Wildman–Crippen LogP) is 10.9. The Labute approximate surface area is 300 Å². The van der Waals surface area contributed by atoms with Crippen LogP contribution in [0.3, 0.4) is 0 Å². The Morgan fingerprint density at radius 2 is 1.42 bits per heavy atom. The molecule has 0 saturated heterocycles. The van der Waals surface area contributed by atoms with Crippen molar-refractivity contribution in [2.24, 2.45) is 10.8 Å². The Hall–Kier alpha value is -3.92. The molecule has 0 aliphatic heterocycles. The van der Waals surface area contributed by atoms with E-state index in [2.05, 4.69) is 106 Å². The van der Waals surface area contributed by atoms with Crippen LogP contribution in [0.15, 0.2) is 96.9 Å². The first-order chi connectivity index (χ1) is 22.0. The Balaban J connectivity index is 0.000000319. The summed E-state index contributed by atoms with van der Waals surface area (Å²) in [5.41, 5.74) is 8.88. The monoisotopic (exact) mass is 816 g/mol. The third-order valence-corrected chi connectivity index (χ3v) is 8.60. The number of hydrogen-bond donors (Lipinski definition) is 1. The van der Waals surface area contributed by atoms with Gasteiger partial charge >= 0.3 is 0 Å². The van der Waals surface area contributed by atoms with E-state index in [1.54, 1.807) is 0 Å². The summed E-state index contributed by atoms with van der Waals surface area (Å²) in [7, 11) is 0. The van der Waals surface area contributed by atoms with Crippen LogP contribution >= 0.6 is 0 Å². The summed E-state index contributed by atoms with van der Waals surface area (Å²) in [6, 6.07) is 31.7. The number of nitrogens with zero attached hydrogens (tertiary/aromatic N) is 2. The summed E-state index contributed by atoms with van der Waals surface area (Å²) < 4.78 is 0. The molecule has 6 rings (SSSR count). The van der Waals surface area contributed by atoms with Gasteiger partial charge in [0.1, 0.15) is 5.76 Å². The minimum Gasteiger partial charge on any atom is -0.512 e.